The molecule has 3 nitrogen and oxygen atoms in total. The van der Waals surface area contributed by atoms with Gasteiger partial charge in [0, 0.05) is 6.54 Å². The van der Waals surface area contributed by atoms with Gasteiger partial charge in [-0.15, -0.1) is 12.4 Å². The second kappa shape index (κ2) is 4.67. The van der Waals surface area contributed by atoms with Crippen LogP contribution in [-0.4, -0.2) is 36.6 Å². The molecule has 0 saturated heterocycles. The highest BCUT2D eigenvalue weighted by Gasteiger charge is 2.34. The highest BCUT2D eigenvalue weighted by molar-refractivity contribution is 5.85. The summed E-state index contributed by atoms with van der Waals surface area (Å²) in [4.78, 5) is 12.5. The minimum absolute atomic E-state index is 0. The number of rotatable bonds is 3. The topological polar surface area (TPSA) is 40.5 Å². The van der Waals surface area contributed by atoms with E-state index in [1.807, 2.05) is 14.1 Å². The highest BCUT2D eigenvalue weighted by atomic mass is 35.5. The maximum Gasteiger partial charge on any atom is 0.306 e. The van der Waals surface area contributed by atoms with E-state index in [2.05, 4.69) is 4.90 Å². The molecule has 4 heteroatoms. The van der Waals surface area contributed by atoms with Crippen molar-refractivity contribution in [3.8, 4) is 0 Å². The number of hydrogen-bond acceptors (Lipinski definition) is 2. The first kappa shape index (κ1) is 11.7. The second-order valence-corrected chi connectivity index (χ2v) is 3.63. The maximum atomic E-state index is 10.4. The molecule has 0 heterocycles. The highest BCUT2D eigenvalue weighted by Crippen LogP contribution is 2.33. The van der Waals surface area contributed by atoms with Crippen molar-refractivity contribution in [1.29, 1.82) is 0 Å². The monoisotopic (exact) mass is 193 g/mol. The Labute approximate surface area is 79.2 Å². The number of nitrogens with zero attached hydrogens (tertiary/aromatic N) is 1. The number of hydrogen-bond donors (Lipinski definition) is 1. The fraction of sp³-hybridized carbons (Fsp3) is 0.875. The third-order valence-electron chi connectivity index (χ3n) is 2.21. The van der Waals surface area contributed by atoms with E-state index in [9.17, 15) is 4.79 Å². The van der Waals surface area contributed by atoms with Gasteiger partial charge in [-0.1, -0.05) is 0 Å². The molecule has 0 aliphatic heterocycles. The van der Waals surface area contributed by atoms with Crippen LogP contribution in [-0.2, 0) is 4.79 Å². The molecule has 1 saturated carbocycles. The van der Waals surface area contributed by atoms with Crippen molar-refractivity contribution in [3.63, 3.8) is 0 Å². The molecule has 0 unspecified atom stereocenters. The van der Waals surface area contributed by atoms with Crippen LogP contribution in [0, 0.1) is 11.8 Å². The molecule has 1 N–H and O–H groups in total. The van der Waals surface area contributed by atoms with Crippen LogP contribution in [0.15, 0.2) is 0 Å². The van der Waals surface area contributed by atoms with Gasteiger partial charge in [0.1, 0.15) is 0 Å². The number of carbonyl (C=O) groups is 1. The Hall–Kier alpha value is -0.280. The van der Waals surface area contributed by atoms with Crippen LogP contribution >= 0.6 is 12.4 Å². The Morgan fingerprint density at radius 1 is 1.50 bits per heavy atom. The van der Waals surface area contributed by atoms with Crippen molar-refractivity contribution in [2.24, 2.45) is 11.8 Å². The maximum absolute atomic E-state index is 10.4. The summed E-state index contributed by atoms with van der Waals surface area (Å²) in [6, 6.07) is 0. The lowest BCUT2D eigenvalue weighted by atomic mass is 9.75. The van der Waals surface area contributed by atoms with Crippen molar-refractivity contribution >= 4 is 18.4 Å². The lowest BCUT2D eigenvalue weighted by Crippen LogP contribution is -2.36. The zero-order valence-corrected chi connectivity index (χ0v) is 8.30. The van der Waals surface area contributed by atoms with Gasteiger partial charge in [-0.25, -0.2) is 0 Å². The molecule has 0 aromatic heterocycles. The van der Waals surface area contributed by atoms with Gasteiger partial charge in [0.15, 0.2) is 0 Å². The van der Waals surface area contributed by atoms with Crippen LogP contribution in [0.5, 0.6) is 0 Å². The number of carboxylic acids is 1. The minimum atomic E-state index is -0.625. The van der Waals surface area contributed by atoms with Crippen molar-refractivity contribution in [1.82, 2.24) is 4.90 Å². The number of carboxylic acid groups (broad SMARTS) is 1. The molecule has 0 spiro atoms. The predicted molar refractivity (Wildman–Crippen MR) is 49.7 cm³/mol. The van der Waals surface area contributed by atoms with Gasteiger partial charge in [-0.05, 0) is 32.9 Å². The lowest BCUT2D eigenvalue weighted by molar-refractivity contribution is -0.146. The van der Waals surface area contributed by atoms with Crippen LogP contribution in [0.4, 0.5) is 0 Å². The van der Waals surface area contributed by atoms with Gasteiger partial charge in [0.2, 0.25) is 0 Å². The molecule has 72 valence electrons. The average Bonchev–Trinajstić information content (AvgIpc) is 1.75. The van der Waals surface area contributed by atoms with E-state index in [-0.39, 0.29) is 18.3 Å². The standard InChI is InChI=1S/C8H15NO2.ClH/c1-9(2)5-6-3-7(4-6)8(10)11;/h6-7H,3-5H2,1-2H3,(H,10,11);1H. The normalized spacial score (nSPS) is 27.6. The van der Waals surface area contributed by atoms with Gasteiger partial charge in [0.05, 0.1) is 5.92 Å². The molecule has 12 heavy (non-hydrogen) atoms. The summed E-state index contributed by atoms with van der Waals surface area (Å²) >= 11 is 0. The Morgan fingerprint density at radius 2 is 2.00 bits per heavy atom. The molecule has 1 aliphatic carbocycles. The van der Waals surface area contributed by atoms with E-state index in [0.717, 1.165) is 19.4 Å². The fourth-order valence-corrected chi connectivity index (χ4v) is 1.60. The largest absolute Gasteiger partial charge is 0.481 e. The van der Waals surface area contributed by atoms with Gasteiger partial charge in [-0.3, -0.25) is 4.79 Å². The molecule has 0 amide bonds. The summed E-state index contributed by atoms with van der Waals surface area (Å²) in [5, 5.41) is 8.57. The third kappa shape index (κ3) is 2.99. The van der Waals surface area contributed by atoms with Gasteiger partial charge in [0.25, 0.3) is 0 Å². The van der Waals surface area contributed by atoms with Crippen LogP contribution in [0.25, 0.3) is 0 Å². The Balaban J connectivity index is 0.00000121. The lowest BCUT2D eigenvalue weighted by Gasteiger charge is -2.34. The summed E-state index contributed by atoms with van der Waals surface area (Å²) in [5.74, 6) is -0.0638. The van der Waals surface area contributed by atoms with E-state index in [0.29, 0.717) is 5.92 Å². The summed E-state index contributed by atoms with van der Waals surface area (Å²) in [5.41, 5.74) is 0. The average molecular weight is 194 g/mol. The van der Waals surface area contributed by atoms with Gasteiger partial charge >= 0.3 is 5.97 Å². The summed E-state index contributed by atoms with van der Waals surface area (Å²) in [6.45, 7) is 1.03. The fourth-order valence-electron chi connectivity index (χ4n) is 1.60. The second-order valence-electron chi connectivity index (χ2n) is 3.63. The molecular weight excluding hydrogens is 178 g/mol. The van der Waals surface area contributed by atoms with E-state index < -0.39 is 5.97 Å². The van der Waals surface area contributed by atoms with Crippen molar-refractivity contribution < 1.29 is 9.90 Å². The molecule has 0 atom stereocenters. The number of halogens is 1. The molecule has 1 aliphatic rings. The van der Waals surface area contributed by atoms with Crippen LogP contribution in [0.2, 0.25) is 0 Å². The minimum Gasteiger partial charge on any atom is -0.481 e. The smallest absolute Gasteiger partial charge is 0.306 e. The SMILES string of the molecule is CN(C)CC1CC(C(=O)O)C1.Cl. The van der Waals surface area contributed by atoms with Crippen molar-refractivity contribution in [2.75, 3.05) is 20.6 Å². The Bertz CT molecular complexity index is 155. The summed E-state index contributed by atoms with van der Waals surface area (Å²) in [6.07, 6.45) is 1.74. The quantitative estimate of drug-likeness (QED) is 0.730. The van der Waals surface area contributed by atoms with Gasteiger partial charge < -0.3 is 10.0 Å². The van der Waals surface area contributed by atoms with Crippen molar-refractivity contribution in [3.05, 3.63) is 0 Å². The molecule has 1 rings (SSSR count). The first-order valence-corrected chi connectivity index (χ1v) is 3.97. The summed E-state index contributed by atoms with van der Waals surface area (Å²) in [7, 11) is 4.04. The van der Waals surface area contributed by atoms with E-state index in [1.165, 1.54) is 0 Å². The first-order chi connectivity index (χ1) is 5.09. The number of aliphatic carboxylic acids is 1. The molecule has 0 aromatic rings. The molecule has 0 aromatic carbocycles. The van der Waals surface area contributed by atoms with E-state index in [1.54, 1.807) is 0 Å². The van der Waals surface area contributed by atoms with E-state index in [4.69, 9.17) is 5.11 Å². The van der Waals surface area contributed by atoms with Crippen LogP contribution in [0.3, 0.4) is 0 Å². The van der Waals surface area contributed by atoms with Crippen molar-refractivity contribution in [2.45, 2.75) is 12.8 Å². The molecule has 0 bridgehead atoms. The first-order valence-electron chi connectivity index (χ1n) is 3.97. The van der Waals surface area contributed by atoms with Gasteiger partial charge in [-0.2, -0.15) is 0 Å². The zero-order chi connectivity index (χ0) is 8.43. The molecule has 1 fully saturated rings. The Morgan fingerprint density at radius 3 is 2.33 bits per heavy atom. The Kier molecular flexibility index (Phi) is 4.57. The summed E-state index contributed by atoms with van der Waals surface area (Å²) < 4.78 is 0. The third-order valence-corrected chi connectivity index (χ3v) is 2.21. The van der Waals surface area contributed by atoms with E-state index >= 15 is 0 Å². The van der Waals surface area contributed by atoms with Crippen LogP contribution in [0.1, 0.15) is 12.8 Å². The van der Waals surface area contributed by atoms with Crippen LogP contribution < -0.4 is 0 Å². The molecule has 0 radical (unpaired) electrons. The predicted octanol–water partition coefficient (Wildman–Crippen LogP) is 1.08. The molecular formula is C8H16ClNO2. The zero-order valence-electron chi connectivity index (χ0n) is 7.49.